The van der Waals surface area contributed by atoms with Gasteiger partial charge in [0.2, 0.25) is 5.91 Å². The van der Waals surface area contributed by atoms with Gasteiger partial charge < -0.3 is 15.7 Å². The van der Waals surface area contributed by atoms with E-state index in [1.165, 1.54) is 0 Å². The quantitative estimate of drug-likeness (QED) is 0.449. The zero-order valence-electron chi connectivity index (χ0n) is 12.4. The highest BCUT2D eigenvalue weighted by atomic mass is 16.4. The van der Waals surface area contributed by atoms with Gasteiger partial charge in [-0.3, -0.25) is 19.3 Å². The van der Waals surface area contributed by atoms with Crippen molar-refractivity contribution >= 4 is 23.8 Å². The van der Waals surface area contributed by atoms with Crippen LogP contribution in [-0.4, -0.2) is 52.4 Å². The van der Waals surface area contributed by atoms with Gasteiger partial charge in [0.15, 0.2) is 0 Å². The SMILES string of the molecule is CC(CCCNC(=O)CN1C(=O)NC(C)(C)C1=O)C(=O)O. The molecule has 1 saturated heterocycles. The van der Waals surface area contributed by atoms with Gasteiger partial charge in [0.1, 0.15) is 12.1 Å². The topological polar surface area (TPSA) is 116 Å². The molecule has 0 saturated carbocycles. The number of carboxylic acids is 1. The molecule has 0 aromatic heterocycles. The van der Waals surface area contributed by atoms with Crippen LogP contribution in [0.3, 0.4) is 0 Å². The van der Waals surface area contributed by atoms with Crippen molar-refractivity contribution in [1.29, 1.82) is 0 Å². The second-order valence-corrected chi connectivity index (χ2v) is 5.68. The van der Waals surface area contributed by atoms with Crippen molar-refractivity contribution in [3.8, 4) is 0 Å². The van der Waals surface area contributed by atoms with Gasteiger partial charge in [-0.15, -0.1) is 0 Å². The molecule has 1 unspecified atom stereocenters. The molecule has 0 bridgehead atoms. The molecule has 1 rings (SSSR count). The number of carbonyl (C=O) groups is 4. The lowest BCUT2D eigenvalue weighted by molar-refractivity contribution is -0.141. The van der Waals surface area contributed by atoms with Gasteiger partial charge in [0.05, 0.1) is 5.92 Å². The molecule has 8 heteroatoms. The zero-order valence-corrected chi connectivity index (χ0v) is 12.4. The molecule has 3 N–H and O–H groups in total. The molecule has 8 nitrogen and oxygen atoms in total. The highest BCUT2D eigenvalue weighted by Crippen LogP contribution is 2.15. The van der Waals surface area contributed by atoms with E-state index in [9.17, 15) is 19.2 Å². The molecule has 118 valence electrons. The van der Waals surface area contributed by atoms with Crippen molar-refractivity contribution in [2.24, 2.45) is 5.92 Å². The molecule has 0 aliphatic carbocycles. The summed E-state index contributed by atoms with van der Waals surface area (Å²) in [5, 5.41) is 13.8. The Morgan fingerprint density at radius 3 is 2.48 bits per heavy atom. The molecule has 0 aromatic rings. The van der Waals surface area contributed by atoms with Crippen LogP contribution < -0.4 is 10.6 Å². The van der Waals surface area contributed by atoms with Crippen LogP contribution in [0.25, 0.3) is 0 Å². The number of imide groups is 1. The molecule has 4 amide bonds. The van der Waals surface area contributed by atoms with Crippen LogP contribution >= 0.6 is 0 Å². The van der Waals surface area contributed by atoms with Gasteiger partial charge >= 0.3 is 12.0 Å². The lowest BCUT2D eigenvalue weighted by Crippen LogP contribution is -2.43. The number of carboxylic acid groups (broad SMARTS) is 1. The standard InChI is InChI=1S/C13H21N3O5/c1-8(10(18)19)5-4-6-14-9(17)7-16-11(20)13(2,3)15-12(16)21/h8H,4-7H2,1-3H3,(H,14,17)(H,15,21)(H,18,19). The van der Waals surface area contributed by atoms with Crippen LogP contribution in [0, 0.1) is 5.92 Å². The average Bonchev–Trinajstić information content (AvgIpc) is 2.56. The van der Waals surface area contributed by atoms with E-state index in [2.05, 4.69) is 10.6 Å². The molecule has 1 atom stereocenters. The predicted octanol–water partition coefficient (Wildman–Crippen LogP) is -0.0661. The van der Waals surface area contributed by atoms with Crippen LogP contribution in [0.5, 0.6) is 0 Å². The third kappa shape index (κ3) is 4.44. The number of aliphatic carboxylic acids is 1. The first kappa shape index (κ1) is 16.9. The number of amides is 4. The van der Waals surface area contributed by atoms with Crippen molar-refractivity contribution < 1.29 is 24.3 Å². The molecule has 0 spiro atoms. The summed E-state index contributed by atoms with van der Waals surface area (Å²) < 4.78 is 0. The fourth-order valence-corrected chi connectivity index (χ4v) is 1.92. The summed E-state index contributed by atoms with van der Waals surface area (Å²) in [7, 11) is 0. The van der Waals surface area contributed by atoms with Gasteiger partial charge in [-0.25, -0.2) is 4.79 Å². The average molecular weight is 299 g/mol. The van der Waals surface area contributed by atoms with Crippen LogP contribution in [0.1, 0.15) is 33.6 Å². The first-order valence-electron chi connectivity index (χ1n) is 6.78. The molecule has 0 radical (unpaired) electrons. The lowest BCUT2D eigenvalue weighted by atomic mass is 10.1. The van der Waals surface area contributed by atoms with Crippen molar-refractivity contribution in [2.75, 3.05) is 13.1 Å². The Morgan fingerprint density at radius 1 is 1.38 bits per heavy atom. The van der Waals surface area contributed by atoms with E-state index in [4.69, 9.17) is 5.11 Å². The third-order valence-corrected chi connectivity index (χ3v) is 3.30. The Kier molecular flexibility index (Phi) is 5.28. The molecule has 1 heterocycles. The van der Waals surface area contributed by atoms with E-state index in [0.29, 0.717) is 19.4 Å². The number of hydrogen-bond acceptors (Lipinski definition) is 4. The van der Waals surface area contributed by atoms with Crippen molar-refractivity contribution in [3.63, 3.8) is 0 Å². The molecule has 0 aromatic carbocycles. The lowest BCUT2D eigenvalue weighted by Gasteiger charge is -2.15. The number of urea groups is 1. The van der Waals surface area contributed by atoms with E-state index >= 15 is 0 Å². The van der Waals surface area contributed by atoms with Crippen LogP contribution in [0.4, 0.5) is 4.79 Å². The Bertz CT molecular complexity index is 461. The summed E-state index contributed by atoms with van der Waals surface area (Å²) in [5.74, 6) is -2.22. The van der Waals surface area contributed by atoms with Crippen molar-refractivity contribution in [1.82, 2.24) is 15.5 Å². The highest BCUT2D eigenvalue weighted by Gasteiger charge is 2.44. The van der Waals surface area contributed by atoms with Crippen LogP contribution in [0.15, 0.2) is 0 Å². The predicted molar refractivity (Wildman–Crippen MR) is 73.4 cm³/mol. The monoisotopic (exact) mass is 299 g/mol. The number of hydrogen-bond donors (Lipinski definition) is 3. The fourth-order valence-electron chi connectivity index (χ4n) is 1.92. The minimum Gasteiger partial charge on any atom is -0.481 e. The summed E-state index contributed by atoms with van der Waals surface area (Å²) >= 11 is 0. The van der Waals surface area contributed by atoms with Gasteiger partial charge in [0.25, 0.3) is 5.91 Å². The van der Waals surface area contributed by atoms with Gasteiger partial charge in [-0.05, 0) is 26.7 Å². The normalized spacial score (nSPS) is 18.3. The van der Waals surface area contributed by atoms with Gasteiger partial charge in [0, 0.05) is 6.54 Å². The maximum Gasteiger partial charge on any atom is 0.325 e. The maximum absolute atomic E-state index is 11.9. The molecular weight excluding hydrogens is 278 g/mol. The Balaban J connectivity index is 2.33. The summed E-state index contributed by atoms with van der Waals surface area (Å²) in [6, 6.07) is -0.584. The maximum atomic E-state index is 11.9. The van der Waals surface area contributed by atoms with Crippen LogP contribution in [-0.2, 0) is 14.4 Å². The van der Waals surface area contributed by atoms with Crippen molar-refractivity contribution in [3.05, 3.63) is 0 Å². The molecule has 21 heavy (non-hydrogen) atoms. The van der Waals surface area contributed by atoms with Crippen LogP contribution in [0.2, 0.25) is 0 Å². The van der Waals surface area contributed by atoms with Crippen molar-refractivity contribution in [2.45, 2.75) is 39.2 Å². The fraction of sp³-hybridized carbons (Fsp3) is 0.692. The number of rotatable bonds is 7. The number of carbonyl (C=O) groups excluding carboxylic acids is 3. The number of nitrogens with zero attached hydrogens (tertiary/aromatic N) is 1. The first-order chi connectivity index (χ1) is 9.65. The summed E-state index contributed by atoms with van der Waals surface area (Å²) in [4.78, 5) is 46.6. The minimum atomic E-state index is -0.992. The molecular formula is C13H21N3O5. The minimum absolute atomic E-state index is 0.309. The van der Waals surface area contributed by atoms with E-state index < -0.39 is 35.3 Å². The Hall–Kier alpha value is -2.12. The molecule has 1 aliphatic heterocycles. The van der Waals surface area contributed by atoms with E-state index in [0.717, 1.165) is 4.90 Å². The second-order valence-electron chi connectivity index (χ2n) is 5.68. The summed E-state index contributed by atoms with van der Waals surface area (Å²) in [5.41, 5.74) is -0.992. The largest absolute Gasteiger partial charge is 0.481 e. The summed E-state index contributed by atoms with van der Waals surface area (Å²) in [6.45, 7) is 4.71. The second kappa shape index (κ2) is 6.55. The molecule has 1 aliphatic rings. The number of nitrogens with one attached hydrogen (secondary N) is 2. The van der Waals surface area contributed by atoms with Gasteiger partial charge in [-0.1, -0.05) is 6.92 Å². The Morgan fingerprint density at radius 2 is 2.00 bits per heavy atom. The smallest absolute Gasteiger partial charge is 0.325 e. The Labute approximate surface area is 122 Å². The van der Waals surface area contributed by atoms with Gasteiger partial charge in [-0.2, -0.15) is 0 Å². The highest BCUT2D eigenvalue weighted by molar-refractivity contribution is 6.08. The molecule has 1 fully saturated rings. The van der Waals surface area contributed by atoms with E-state index in [1.807, 2.05) is 0 Å². The van der Waals surface area contributed by atoms with E-state index in [-0.39, 0.29) is 6.54 Å². The third-order valence-electron chi connectivity index (χ3n) is 3.30. The zero-order chi connectivity index (χ0) is 16.2. The van der Waals surface area contributed by atoms with E-state index in [1.54, 1.807) is 20.8 Å². The first-order valence-corrected chi connectivity index (χ1v) is 6.78. The summed E-state index contributed by atoms with van der Waals surface area (Å²) in [6.07, 6.45) is 0.969.